The van der Waals surface area contributed by atoms with Crippen LogP contribution >= 0.6 is 0 Å². The van der Waals surface area contributed by atoms with Gasteiger partial charge in [0.25, 0.3) is 5.91 Å². The minimum absolute atomic E-state index is 0.178. The smallest absolute Gasteiger partial charge is 0.416 e. The van der Waals surface area contributed by atoms with Gasteiger partial charge in [0.2, 0.25) is 0 Å². The Hall–Kier alpha value is -2.58. The molecule has 0 aliphatic carbocycles. The van der Waals surface area contributed by atoms with E-state index >= 15 is 0 Å². The van der Waals surface area contributed by atoms with Gasteiger partial charge in [0.1, 0.15) is 5.75 Å². The van der Waals surface area contributed by atoms with Crippen LogP contribution in [0.5, 0.6) is 5.75 Å². The molecule has 1 amide bonds. The third-order valence-corrected chi connectivity index (χ3v) is 7.88. The molecule has 8 heteroatoms. The number of amides is 1. The van der Waals surface area contributed by atoms with Crippen molar-refractivity contribution in [2.75, 3.05) is 46.4 Å². The molecule has 5 nitrogen and oxygen atoms in total. The maximum absolute atomic E-state index is 12.8. The summed E-state index contributed by atoms with van der Waals surface area (Å²) in [6, 6.07) is 9.41. The van der Waals surface area contributed by atoms with Crippen molar-refractivity contribution in [1.29, 1.82) is 0 Å². The van der Waals surface area contributed by atoms with E-state index < -0.39 is 11.7 Å². The van der Waals surface area contributed by atoms with Crippen molar-refractivity contribution in [2.24, 2.45) is 0 Å². The normalized spacial score (nSPS) is 15.8. The molecule has 0 bridgehead atoms. The average molecular weight is 534 g/mol. The summed E-state index contributed by atoms with van der Waals surface area (Å²) < 4.78 is 44.6. The summed E-state index contributed by atoms with van der Waals surface area (Å²) in [6.45, 7) is 15.1. The van der Waals surface area contributed by atoms with E-state index in [1.54, 1.807) is 4.90 Å². The molecule has 0 N–H and O–H groups in total. The van der Waals surface area contributed by atoms with Gasteiger partial charge in [-0.3, -0.25) is 9.69 Å². The second-order valence-corrected chi connectivity index (χ2v) is 10.6. The van der Waals surface area contributed by atoms with E-state index in [4.69, 9.17) is 4.74 Å². The summed E-state index contributed by atoms with van der Waals surface area (Å²) in [5.41, 5.74) is 3.16. The number of piperazine rings is 1. The van der Waals surface area contributed by atoms with Crippen LogP contribution in [-0.2, 0) is 6.18 Å². The highest BCUT2D eigenvalue weighted by molar-refractivity contribution is 5.94. The Bertz CT molecular complexity index is 1060. The SMILES string of the molecule is Cc1c(OCCCCN(C)C(C)C)ccc(C(C)N2CCN(C(=O)c3ccc(C(F)(F)F)cc3)CC2)c1C. The van der Waals surface area contributed by atoms with Crippen LogP contribution in [0.25, 0.3) is 0 Å². The lowest BCUT2D eigenvalue weighted by Crippen LogP contribution is -2.49. The third-order valence-electron chi connectivity index (χ3n) is 7.88. The Balaban J connectivity index is 1.53. The second-order valence-electron chi connectivity index (χ2n) is 10.6. The minimum Gasteiger partial charge on any atom is -0.493 e. The highest BCUT2D eigenvalue weighted by Gasteiger charge is 2.31. The number of alkyl halides is 3. The van der Waals surface area contributed by atoms with Crippen LogP contribution in [0.4, 0.5) is 13.2 Å². The lowest BCUT2D eigenvalue weighted by molar-refractivity contribution is -0.137. The Kier molecular flexibility index (Phi) is 10.2. The van der Waals surface area contributed by atoms with Gasteiger partial charge in [-0.2, -0.15) is 13.2 Å². The quantitative estimate of drug-likeness (QED) is 0.334. The molecule has 1 atom stereocenters. The topological polar surface area (TPSA) is 36.0 Å². The van der Waals surface area contributed by atoms with E-state index in [0.29, 0.717) is 38.8 Å². The molecule has 1 saturated heterocycles. The van der Waals surface area contributed by atoms with Gasteiger partial charge in [0.05, 0.1) is 12.2 Å². The lowest BCUT2D eigenvalue weighted by Gasteiger charge is -2.39. The van der Waals surface area contributed by atoms with Crippen molar-refractivity contribution in [3.63, 3.8) is 0 Å². The number of hydrogen-bond donors (Lipinski definition) is 0. The van der Waals surface area contributed by atoms with Crippen molar-refractivity contribution >= 4 is 5.91 Å². The van der Waals surface area contributed by atoms with E-state index in [1.807, 2.05) is 0 Å². The van der Waals surface area contributed by atoms with E-state index in [-0.39, 0.29) is 17.5 Å². The van der Waals surface area contributed by atoms with Gasteiger partial charge in [0.15, 0.2) is 0 Å². The molecule has 1 aliphatic rings. The second kappa shape index (κ2) is 13.0. The van der Waals surface area contributed by atoms with Crippen molar-refractivity contribution in [1.82, 2.24) is 14.7 Å². The Morgan fingerprint density at radius 1 is 0.947 bits per heavy atom. The van der Waals surface area contributed by atoms with Crippen LogP contribution in [0.1, 0.15) is 72.3 Å². The highest BCUT2D eigenvalue weighted by Crippen LogP contribution is 2.32. The molecule has 1 aliphatic heterocycles. The largest absolute Gasteiger partial charge is 0.493 e. The lowest BCUT2D eigenvalue weighted by atomic mass is 9.96. The number of carbonyl (C=O) groups excluding carboxylic acids is 1. The molecule has 1 heterocycles. The number of hydrogen-bond acceptors (Lipinski definition) is 4. The van der Waals surface area contributed by atoms with Crippen LogP contribution in [0.3, 0.4) is 0 Å². The first kappa shape index (κ1) is 30.0. The highest BCUT2D eigenvalue weighted by atomic mass is 19.4. The summed E-state index contributed by atoms with van der Waals surface area (Å²) in [4.78, 5) is 19.3. The van der Waals surface area contributed by atoms with Gasteiger partial charge in [-0.15, -0.1) is 0 Å². The van der Waals surface area contributed by atoms with Crippen LogP contribution < -0.4 is 4.74 Å². The molecule has 0 radical (unpaired) electrons. The molecule has 1 unspecified atom stereocenters. The van der Waals surface area contributed by atoms with Gasteiger partial charge >= 0.3 is 6.18 Å². The minimum atomic E-state index is -4.41. The third kappa shape index (κ3) is 7.50. The summed E-state index contributed by atoms with van der Waals surface area (Å²) in [5.74, 6) is 0.707. The maximum atomic E-state index is 12.8. The fourth-order valence-electron chi connectivity index (χ4n) is 4.82. The number of ether oxygens (including phenoxy) is 1. The van der Waals surface area contributed by atoms with Crippen LogP contribution in [0.15, 0.2) is 36.4 Å². The van der Waals surface area contributed by atoms with Gasteiger partial charge in [0, 0.05) is 43.8 Å². The number of halogens is 3. The zero-order valence-corrected chi connectivity index (χ0v) is 23.6. The molecule has 2 aromatic carbocycles. The van der Waals surface area contributed by atoms with E-state index in [1.165, 1.54) is 23.3 Å². The number of carbonyl (C=O) groups is 1. The fourth-order valence-corrected chi connectivity index (χ4v) is 4.82. The molecular weight excluding hydrogens is 491 g/mol. The van der Waals surface area contributed by atoms with Crippen LogP contribution in [-0.4, -0.2) is 73.0 Å². The van der Waals surface area contributed by atoms with E-state index in [9.17, 15) is 18.0 Å². The molecule has 3 rings (SSSR count). The first-order valence-electron chi connectivity index (χ1n) is 13.5. The number of unbranched alkanes of at least 4 members (excludes halogenated alkanes) is 1. The molecule has 0 spiro atoms. The molecular formula is C30H42F3N3O2. The maximum Gasteiger partial charge on any atom is 0.416 e. The van der Waals surface area contributed by atoms with Gasteiger partial charge in [-0.05, 0) is 108 Å². The Morgan fingerprint density at radius 3 is 2.16 bits per heavy atom. The molecule has 2 aromatic rings. The van der Waals surface area contributed by atoms with Gasteiger partial charge in [-0.1, -0.05) is 6.07 Å². The zero-order chi connectivity index (χ0) is 28.0. The van der Waals surface area contributed by atoms with Crippen molar-refractivity contribution in [3.8, 4) is 5.75 Å². The first-order valence-corrected chi connectivity index (χ1v) is 13.5. The predicted octanol–water partition coefficient (Wildman–Crippen LogP) is 6.34. The Morgan fingerprint density at radius 2 is 1.58 bits per heavy atom. The zero-order valence-electron chi connectivity index (χ0n) is 23.6. The monoisotopic (exact) mass is 533 g/mol. The average Bonchev–Trinajstić information content (AvgIpc) is 2.89. The fraction of sp³-hybridized carbons (Fsp3) is 0.567. The van der Waals surface area contributed by atoms with Crippen molar-refractivity contribution < 1.29 is 22.7 Å². The molecule has 210 valence electrons. The predicted molar refractivity (Wildman–Crippen MR) is 146 cm³/mol. The standard InChI is InChI=1S/C30H42F3N3O2/c1-21(2)34(6)15-7-8-20-38-28-14-13-27(22(3)23(28)4)24(5)35-16-18-36(19-17-35)29(37)25-9-11-26(12-10-25)30(31,32)33/h9-14,21,24H,7-8,15-20H2,1-6H3. The van der Waals surface area contributed by atoms with Crippen molar-refractivity contribution in [3.05, 3.63) is 64.2 Å². The molecule has 0 aromatic heterocycles. The summed E-state index contributed by atoms with van der Waals surface area (Å²) >= 11 is 0. The van der Waals surface area contributed by atoms with Crippen molar-refractivity contribution in [2.45, 2.75) is 65.7 Å². The molecule has 38 heavy (non-hydrogen) atoms. The first-order chi connectivity index (χ1) is 17.9. The van der Waals surface area contributed by atoms with Gasteiger partial charge < -0.3 is 14.5 Å². The number of benzene rings is 2. The molecule has 1 fully saturated rings. The Labute approximate surface area is 225 Å². The van der Waals surface area contributed by atoms with Gasteiger partial charge in [-0.25, -0.2) is 0 Å². The molecule has 0 saturated carbocycles. The van der Waals surface area contributed by atoms with E-state index in [0.717, 1.165) is 42.8 Å². The van der Waals surface area contributed by atoms with E-state index in [2.05, 4.69) is 63.6 Å². The summed E-state index contributed by atoms with van der Waals surface area (Å²) in [6.07, 6.45) is -2.28. The van der Waals surface area contributed by atoms with Crippen LogP contribution in [0.2, 0.25) is 0 Å². The van der Waals surface area contributed by atoms with Crippen LogP contribution in [0, 0.1) is 13.8 Å². The summed E-state index contributed by atoms with van der Waals surface area (Å²) in [7, 11) is 2.15. The summed E-state index contributed by atoms with van der Waals surface area (Å²) in [5, 5.41) is 0. The number of rotatable bonds is 10. The number of nitrogens with zero attached hydrogens (tertiary/aromatic N) is 3.